The highest BCUT2D eigenvalue weighted by Crippen LogP contribution is 2.41. The summed E-state index contributed by atoms with van der Waals surface area (Å²) in [6.45, 7) is 1.44. The lowest BCUT2D eigenvalue weighted by atomic mass is 9.75. The van der Waals surface area contributed by atoms with E-state index in [-0.39, 0.29) is 17.0 Å². The standard InChI is InChI=1S/C29H35N3O4S/c1-36-26-12-14-27(15-13-26)37(34,35)32(24-9-3-2-4-10-24)25-16-20-31(21-17-25)28-11-5-6-18-29(28,33)23-8-7-19-30-22-23/h2-4,7-10,12-15,19,22,25,28,33H,5-6,11,16-18,20-21H2,1H3. The Hall–Kier alpha value is -2.94. The number of nitrogens with zero attached hydrogens (tertiary/aromatic N) is 3. The van der Waals surface area contributed by atoms with E-state index in [9.17, 15) is 13.5 Å². The van der Waals surface area contributed by atoms with Crippen LogP contribution in [0.2, 0.25) is 0 Å². The normalized spacial score (nSPS) is 23.5. The fourth-order valence-corrected chi connectivity index (χ4v) is 7.70. The lowest BCUT2D eigenvalue weighted by Gasteiger charge is -2.49. The Bertz CT molecular complexity index is 1260. The first-order valence-electron chi connectivity index (χ1n) is 13.0. The van der Waals surface area contributed by atoms with Gasteiger partial charge in [0.15, 0.2) is 0 Å². The second kappa shape index (κ2) is 10.8. The van der Waals surface area contributed by atoms with E-state index in [2.05, 4.69) is 9.88 Å². The van der Waals surface area contributed by atoms with Crippen LogP contribution in [0.15, 0.2) is 84.0 Å². The van der Waals surface area contributed by atoms with Crippen LogP contribution in [0.3, 0.4) is 0 Å². The molecule has 1 N–H and O–H groups in total. The maximum absolute atomic E-state index is 13.9. The van der Waals surface area contributed by atoms with Gasteiger partial charge in [-0.2, -0.15) is 0 Å². The summed E-state index contributed by atoms with van der Waals surface area (Å²) in [5.74, 6) is 0.618. The first-order chi connectivity index (χ1) is 17.9. The summed E-state index contributed by atoms with van der Waals surface area (Å²) < 4.78 is 34.7. The molecule has 37 heavy (non-hydrogen) atoms. The van der Waals surface area contributed by atoms with E-state index in [4.69, 9.17) is 4.74 Å². The molecule has 1 aliphatic heterocycles. The molecule has 8 heteroatoms. The number of methoxy groups -OCH3 is 1. The summed E-state index contributed by atoms with van der Waals surface area (Å²) in [5, 5.41) is 11.8. The Labute approximate surface area is 219 Å². The summed E-state index contributed by atoms with van der Waals surface area (Å²) in [7, 11) is -2.22. The lowest BCUT2D eigenvalue weighted by molar-refractivity contribution is -0.0851. The van der Waals surface area contributed by atoms with Gasteiger partial charge in [-0.05, 0) is 68.1 Å². The molecule has 2 aliphatic rings. The zero-order chi connectivity index (χ0) is 25.9. The zero-order valence-electron chi connectivity index (χ0n) is 21.2. The first-order valence-corrected chi connectivity index (χ1v) is 14.5. The number of para-hydroxylation sites is 1. The topological polar surface area (TPSA) is 83.0 Å². The van der Waals surface area contributed by atoms with Crippen LogP contribution in [0.4, 0.5) is 5.69 Å². The SMILES string of the molecule is COc1ccc(S(=O)(=O)N(c2ccccc2)C2CCN(C3CCCCC3(O)c3cccnc3)CC2)cc1. The van der Waals surface area contributed by atoms with Crippen molar-refractivity contribution in [3.8, 4) is 5.75 Å². The zero-order valence-corrected chi connectivity index (χ0v) is 22.1. The maximum Gasteiger partial charge on any atom is 0.264 e. The average molecular weight is 522 g/mol. The van der Waals surface area contributed by atoms with Crippen molar-refractivity contribution in [1.82, 2.24) is 9.88 Å². The molecule has 196 valence electrons. The van der Waals surface area contributed by atoms with Gasteiger partial charge in [-0.1, -0.05) is 37.1 Å². The van der Waals surface area contributed by atoms with Crippen LogP contribution in [0, 0.1) is 0 Å². The average Bonchev–Trinajstić information content (AvgIpc) is 2.95. The van der Waals surface area contributed by atoms with E-state index in [1.807, 2.05) is 42.5 Å². The van der Waals surface area contributed by atoms with Crippen molar-refractivity contribution in [2.45, 2.75) is 61.1 Å². The number of aromatic nitrogens is 1. The molecule has 1 saturated carbocycles. The molecule has 1 aliphatic carbocycles. The number of rotatable bonds is 7. The number of piperidine rings is 1. The molecular weight excluding hydrogens is 486 g/mol. The molecule has 2 aromatic carbocycles. The quantitative estimate of drug-likeness (QED) is 0.490. The highest BCUT2D eigenvalue weighted by atomic mass is 32.2. The van der Waals surface area contributed by atoms with Crippen molar-refractivity contribution in [3.63, 3.8) is 0 Å². The number of aliphatic hydroxyl groups is 1. The molecule has 0 bridgehead atoms. The molecule has 0 radical (unpaired) electrons. The Balaban J connectivity index is 1.39. The predicted molar refractivity (Wildman–Crippen MR) is 144 cm³/mol. The van der Waals surface area contributed by atoms with Crippen molar-refractivity contribution in [3.05, 3.63) is 84.7 Å². The van der Waals surface area contributed by atoms with Gasteiger partial charge < -0.3 is 9.84 Å². The van der Waals surface area contributed by atoms with E-state index in [1.54, 1.807) is 48.1 Å². The monoisotopic (exact) mass is 521 g/mol. The number of pyridine rings is 1. The van der Waals surface area contributed by atoms with E-state index in [1.165, 1.54) is 0 Å². The van der Waals surface area contributed by atoms with Gasteiger partial charge in [-0.3, -0.25) is 14.2 Å². The summed E-state index contributed by atoms with van der Waals surface area (Å²) in [4.78, 5) is 6.88. The van der Waals surface area contributed by atoms with Crippen molar-refractivity contribution in [1.29, 1.82) is 0 Å². The molecular formula is C29H35N3O4S. The molecule has 1 aromatic heterocycles. The molecule has 2 fully saturated rings. The van der Waals surface area contributed by atoms with Crippen molar-refractivity contribution in [2.24, 2.45) is 0 Å². The maximum atomic E-state index is 13.9. The van der Waals surface area contributed by atoms with E-state index in [0.29, 0.717) is 30.7 Å². The molecule has 0 amide bonds. The second-order valence-corrected chi connectivity index (χ2v) is 11.8. The van der Waals surface area contributed by atoms with Crippen LogP contribution in [0.25, 0.3) is 0 Å². The Morgan fingerprint density at radius 2 is 1.70 bits per heavy atom. The van der Waals surface area contributed by atoms with Gasteiger partial charge in [0.05, 0.1) is 17.7 Å². The van der Waals surface area contributed by atoms with Crippen LogP contribution < -0.4 is 9.04 Å². The molecule has 1 saturated heterocycles. The van der Waals surface area contributed by atoms with Crippen molar-refractivity contribution < 1.29 is 18.3 Å². The van der Waals surface area contributed by atoms with Gasteiger partial charge in [-0.25, -0.2) is 8.42 Å². The third-order valence-corrected chi connectivity index (χ3v) is 9.79. The highest BCUT2D eigenvalue weighted by Gasteiger charge is 2.45. The van der Waals surface area contributed by atoms with Crippen LogP contribution in [-0.2, 0) is 15.6 Å². The Kier molecular flexibility index (Phi) is 7.51. The predicted octanol–water partition coefficient (Wildman–Crippen LogP) is 4.58. The number of hydrogen-bond acceptors (Lipinski definition) is 6. The summed E-state index contributed by atoms with van der Waals surface area (Å²) in [6, 6.07) is 19.6. The molecule has 5 rings (SSSR count). The van der Waals surface area contributed by atoms with E-state index >= 15 is 0 Å². The second-order valence-electron chi connectivity index (χ2n) is 10.0. The summed E-state index contributed by atoms with van der Waals surface area (Å²) in [5.41, 5.74) is 0.601. The number of hydrogen-bond donors (Lipinski definition) is 1. The number of sulfonamides is 1. The van der Waals surface area contributed by atoms with Crippen LogP contribution in [0.5, 0.6) is 5.75 Å². The minimum absolute atomic E-state index is 0.00484. The third kappa shape index (κ3) is 5.10. The van der Waals surface area contributed by atoms with Crippen LogP contribution >= 0.6 is 0 Å². The van der Waals surface area contributed by atoms with E-state index in [0.717, 1.165) is 37.9 Å². The minimum Gasteiger partial charge on any atom is -0.497 e. The van der Waals surface area contributed by atoms with Gasteiger partial charge >= 0.3 is 0 Å². The largest absolute Gasteiger partial charge is 0.497 e. The number of likely N-dealkylation sites (tertiary alicyclic amines) is 1. The van der Waals surface area contributed by atoms with Gasteiger partial charge in [0.1, 0.15) is 11.4 Å². The summed E-state index contributed by atoms with van der Waals surface area (Å²) >= 11 is 0. The summed E-state index contributed by atoms with van der Waals surface area (Å²) in [6.07, 6.45) is 8.58. The number of ether oxygens (including phenoxy) is 1. The van der Waals surface area contributed by atoms with Gasteiger partial charge in [0.25, 0.3) is 10.0 Å². The fraction of sp³-hybridized carbons (Fsp3) is 0.414. The number of benzene rings is 2. The van der Waals surface area contributed by atoms with E-state index < -0.39 is 15.6 Å². The Morgan fingerprint density at radius 1 is 0.973 bits per heavy atom. The molecule has 3 aromatic rings. The van der Waals surface area contributed by atoms with Gasteiger partial charge in [0.2, 0.25) is 0 Å². The van der Waals surface area contributed by atoms with Gasteiger partial charge in [0, 0.05) is 43.1 Å². The van der Waals surface area contributed by atoms with Crippen molar-refractivity contribution in [2.75, 3.05) is 24.5 Å². The third-order valence-electron chi connectivity index (χ3n) is 7.90. The molecule has 7 nitrogen and oxygen atoms in total. The minimum atomic E-state index is -3.79. The van der Waals surface area contributed by atoms with Crippen LogP contribution in [0.1, 0.15) is 44.1 Å². The lowest BCUT2D eigenvalue weighted by Crippen LogP contribution is -2.57. The number of anilines is 1. The highest BCUT2D eigenvalue weighted by molar-refractivity contribution is 7.92. The Morgan fingerprint density at radius 3 is 2.35 bits per heavy atom. The first kappa shape index (κ1) is 25.7. The fourth-order valence-electron chi connectivity index (χ4n) is 5.99. The molecule has 0 spiro atoms. The van der Waals surface area contributed by atoms with Gasteiger partial charge in [-0.15, -0.1) is 0 Å². The van der Waals surface area contributed by atoms with Crippen molar-refractivity contribution >= 4 is 15.7 Å². The molecule has 2 atom stereocenters. The smallest absolute Gasteiger partial charge is 0.264 e. The molecule has 2 heterocycles. The van der Waals surface area contributed by atoms with Crippen LogP contribution in [-0.4, -0.2) is 55.7 Å². The molecule has 2 unspecified atom stereocenters.